The molecule has 0 aliphatic rings. The van der Waals surface area contributed by atoms with Crippen molar-refractivity contribution in [2.45, 2.75) is 12.5 Å². The second-order valence-corrected chi connectivity index (χ2v) is 6.01. The largest absolute Gasteiger partial charge is 0.480 e. The van der Waals surface area contributed by atoms with E-state index < -0.39 is 17.9 Å². The number of carboxylic acid groups (broad SMARTS) is 1. The summed E-state index contributed by atoms with van der Waals surface area (Å²) in [4.78, 5) is 23.6. The number of carbonyl (C=O) groups is 2. The van der Waals surface area contributed by atoms with Crippen molar-refractivity contribution in [3.05, 3.63) is 68.8 Å². The summed E-state index contributed by atoms with van der Waals surface area (Å²) in [6.45, 7) is 0. The van der Waals surface area contributed by atoms with Gasteiger partial charge in [-0.3, -0.25) is 4.79 Å². The van der Waals surface area contributed by atoms with Crippen LogP contribution in [-0.2, 0) is 11.2 Å². The smallest absolute Gasteiger partial charge is 0.326 e. The average molecular weight is 420 g/mol. The molecule has 116 valence electrons. The van der Waals surface area contributed by atoms with Crippen LogP contribution >= 0.6 is 22.6 Å². The van der Waals surface area contributed by atoms with E-state index in [2.05, 4.69) is 27.9 Å². The van der Waals surface area contributed by atoms with Crippen LogP contribution in [0.25, 0.3) is 0 Å². The summed E-state index contributed by atoms with van der Waals surface area (Å²) in [5, 5.41) is 20.6. The molecule has 5 nitrogen and oxygen atoms in total. The molecule has 2 rings (SSSR count). The van der Waals surface area contributed by atoms with E-state index >= 15 is 0 Å². The molecule has 1 amide bonds. The zero-order valence-corrected chi connectivity index (χ0v) is 14.1. The highest BCUT2D eigenvalue weighted by molar-refractivity contribution is 14.1. The first-order chi connectivity index (χ1) is 11.0. The van der Waals surface area contributed by atoms with Crippen molar-refractivity contribution in [3.63, 3.8) is 0 Å². The summed E-state index contributed by atoms with van der Waals surface area (Å²) in [5.74, 6) is -1.57. The molecule has 6 heteroatoms. The predicted octanol–water partition coefficient (Wildman–Crippen LogP) is 2.59. The topological polar surface area (TPSA) is 90.2 Å². The van der Waals surface area contributed by atoms with Crippen LogP contribution in [0.5, 0.6) is 0 Å². The SMILES string of the molecule is N#Cc1ccc(C(=O)N[C@@H](Cc2ccccc2I)C(=O)O)cc1. The van der Waals surface area contributed by atoms with Gasteiger partial charge in [-0.1, -0.05) is 18.2 Å². The number of aliphatic carboxylic acids is 1. The van der Waals surface area contributed by atoms with Crippen LogP contribution in [0.4, 0.5) is 0 Å². The molecule has 0 bridgehead atoms. The number of carbonyl (C=O) groups excluding carboxylic acids is 1. The normalized spacial score (nSPS) is 11.3. The molecule has 0 radical (unpaired) electrons. The van der Waals surface area contributed by atoms with Crippen LogP contribution in [0.2, 0.25) is 0 Å². The zero-order chi connectivity index (χ0) is 16.8. The van der Waals surface area contributed by atoms with Gasteiger partial charge in [-0.2, -0.15) is 5.26 Å². The number of benzene rings is 2. The van der Waals surface area contributed by atoms with Gasteiger partial charge >= 0.3 is 5.97 Å². The van der Waals surface area contributed by atoms with Gasteiger partial charge in [-0.25, -0.2) is 4.79 Å². The molecule has 23 heavy (non-hydrogen) atoms. The Morgan fingerprint density at radius 3 is 2.39 bits per heavy atom. The standard InChI is InChI=1S/C17H13IN2O3/c18-14-4-2-1-3-13(14)9-15(17(22)23)20-16(21)12-7-5-11(10-19)6-8-12/h1-8,15H,9H2,(H,20,21)(H,22,23)/t15-/m0/s1. The van der Waals surface area contributed by atoms with Gasteiger partial charge < -0.3 is 10.4 Å². The van der Waals surface area contributed by atoms with Crippen LogP contribution in [0.1, 0.15) is 21.5 Å². The Bertz CT molecular complexity index is 766. The van der Waals surface area contributed by atoms with E-state index in [-0.39, 0.29) is 6.42 Å². The first-order valence-corrected chi connectivity index (χ1v) is 7.86. The van der Waals surface area contributed by atoms with Crippen molar-refractivity contribution in [1.29, 1.82) is 5.26 Å². The summed E-state index contributed by atoms with van der Waals surface area (Å²) in [6.07, 6.45) is 0.205. The second-order valence-electron chi connectivity index (χ2n) is 4.85. The summed E-state index contributed by atoms with van der Waals surface area (Å²) in [7, 11) is 0. The molecule has 0 aliphatic carbocycles. The van der Waals surface area contributed by atoms with Gasteiger partial charge in [0, 0.05) is 15.6 Å². The van der Waals surface area contributed by atoms with Gasteiger partial charge in [0.25, 0.3) is 5.91 Å². The lowest BCUT2D eigenvalue weighted by molar-refractivity contribution is -0.139. The minimum absolute atomic E-state index is 0.205. The van der Waals surface area contributed by atoms with Crippen molar-refractivity contribution in [2.75, 3.05) is 0 Å². The molecule has 2 N–H and O–H groups in total. The highest BCUT2D eigenvalue weighted by Crippen LogP contribution is 2.14. The molecule has 0 heterocycles. The molecule has 0 unspecified atom stereocenters. The van der Waals surface area contributed by atoms with Gasteiger partial charge in [-0.05, 0) is 58.5 Å². The molecule has 0 spiro atoms. The number of hydrogen-bond acceptors (Lipinski definition) is 3. The Morgan fingerprint density at radius 1 is 1.17 bits per heavy atom. The highest BCUT2D eigenvalue weighted by Gasteiger charge is 2.22. The van der Waals surface area contributed by atoms with Crippen LogP contribution in [0.3, 0.4) is 0 Å². The fourth-order valence-corrected chi connectivity index (χ4v) is 2.63. The van der Waals surface area contributed by atoms with Crippen molar-refractivity contribution < 1.29 is 14.7 Å². The molecular formula is C17H13IN2O3. The second kappa shape index (κ2) is 7.74. The first kappa shape index (κ1) is 17.0. The van der Waals surface area contributed by atoms with E-state index in [4.69, 9.17) is 5.26 Å². The monoisotopic (exact) mass is 420 g/mol. The fraction of sp³-hybridized carbons (Fsp3) is 0.118. The third kappa shape index (κ3) is 4.53. The van der Waals surface area contributed by atoms with Gasteiger partial charge in [0.2, 0.25) is 0 Å². The molecule has 1 atom stereocenters. The third-order valence-corrected chi connectivity index (χ3v) is 4.31. The van der Waals surface area contributed by atoms with Crippen LogP contribution < -0.4 is 5.32 Å². The van der Waals surface area contributed by atoms with E-state index in [1.807, 2.05) is 30.3 Å². The summed E-state index contributed by atoms with van der Waals surface area (Å²) >= 11 is 2.13. The number of amides is 1. The predicted molar refractivity (Wildman–Crippen MR) is 92.9 cm³/mol. The molecule has 0 fully saturated rings. The quantitative estimate of drug-likeness (QED) is 0.728. The molecule has 0 aromatic heterocycles. The average Bonchev–Trinajstić information content (AvgIpc) is 2.56. The van der Waals surface area contributed by atoms with E-state index in [0.29, 0.717) is 11.1 Å². The molecule has 0 saturated carbocycles. The van der Waals surface area contributed by atoms with E-state index in [1.165, 1.54) is 24.3 Å². The van der Waals surface area contributed by atoms with Crippen molar-refractivity contribution >= 4 is 34.5 Å². The van der Waals surface area contributed by atoms with Crippen LogP contribution in [0, 0.1) is 14.9 Å². The van der Waals surface area contributed by atoms with E-state index in [9.17, 15) is 14.7 Å². The fourth-order valence-electron chi connectivity index (χ4n) is 2.02. The Hall–Kier alpha value is -2.40. The number of halogens is 1. The van der Waals surface area contributed by atoms with Gasteiger partial charge in [0.05, 0.1) is 11.6 Å². The van der Waals surface area contributed by atoms with Crippen molar-refractivity contribution in [2.24, 2.45) is 0 Å². The highest BCUT2D eigenvalue weighted by atomic mass is 127. The molecule has 2 aromatic rings. The molecule has 0 saturated heterocycles. The third-order valence-electron chi connectivity index (χ3n) is 3.26. The van der Waals surface area contributed by atoms with Gasteiger partial charge in [0.1, 0.15) is 6.04 Å². The minimum Gasteiger partial charge on any atom is -0.480 e. The maximum atomic E-state index is 12.2. The van der Waals surface area contributed by atoms with E-state index in [1.54, 1.807) is 0 Å². The summed E-state index contributed by atoms with van der Waals surface area (Å²) in [5.41, 5.74) is 1.62. The van der Waals surface area contributed by atoms with Gasteiger partial charge in [0.15, 0.2) is 0 Å². The summed E-state index contributed by atoms with van der Waals surface area (Å²) < 4.78 is 0.948. The van der Waals surface area contributed by atoms with Crippen molar-refractivity contribution in [1.82, 2.24) is 5.32 Å². The number of carboxylic acids is 1. The minimum atomic E-state index is -1.09. The Labute approximate surface area is 147 Å². The maximum Gasteiger partial charge on any atom is 0.326 e. The Morgan fingerprint density at radius 2 is 1.83 bits per heavy atom. The van der Waals surface area contributed by atoms with Crippen molar-refractivity contribution in [3.8, 4) is 6.07 Å². The summed E-state index contributed by atoms with van der Waals surface area (Å²) in [6, 6.07) is 14.4. The lowest BCUT2D eigenvalue weighted by Crippen LogP contribution is -2.42. The number of rotatable bonds is 5. The first-order valence-electron chi connectivity index (χ1n) is 6.78. The van der Waals surface area contributed by atoms with Crippen LogP contribution in [0.15, 0.2) is 48.5 Å². The molecule has 0 aliphatic heterocycles. The van der Waals surface area contributed by atoms with Crippen LogP contribution in [-0.4, -0.2) is 23.0 Å². The molecular weight excluding hydrogens is 407 g/mol. The Kier molecular flexibility index (Phi) is 5.71. The van der Waals surface area contributed by atoms with Gasteiger partial charge in [-0.15, -0.1) is 0 Å². The Balaban J connectivity index is 2.13. The lowest BCUT2D eigenvalue weighted by atomic mass is 10.1. The number of nitriles is 1. The number of nitrogens with one attached hydrogen (secondary N) is 1. The lowest BCUT2D eigenvalue weighted by Gasteiger charge is -2.15. The maximum absolute atomic E-state index is 12.2. The number of hydrogen-bond donors (Lipinski definition) is 2. The van der Waals surface area contributed by atoms with E-state index in [0.717, 1.165) is 9.13 Å². The number of nitrogens with zero attached hydrogens (tertiary/aromatic N) is 1. The molecule has 2 aromatic carbocycles. The zero-order valence-electron chi connectivity index (χ0n) is 12.0.